The number of ether oxygens (including phenoxy) is 5. The molecule has 5 N–H and O–H groups in total. The number of methoxy groups -OCH3 is 1. The highest BCUT2D eigenvalue weighted by Gasteiger charge is 2.53. The van der Waals surface area contributed by atoms with Gasteiger partial charge < -0.3 is 48.7 Å². The molecule has 0 saturated carbocycles. The van der Waals surface area contributed by atoms with Gasteiger partial charge in [-0.15, -0.1) is 6.42 Å². The molecule has 1 aliphatic rings. The van der Waals surface area contributed by atoms with E-state index in [1.807, 2.05) is 5.48 Å². The van der Waals surface area contributed by atoms with Crippen LogP contribution in [0.25, 0.3) is 11.0 Å². The van der Waals surface area contributed by atoms with Crippen LogP contribution in [0.2, 0.25) is 0 Å². The molecule has 46 heavy (non-hydrogen) atoms. The molecule has 1 unspecified atom stereocenters. The lowest BCUT2D eigenvalue weighted by atomic mass is 9.89. The fourth-order valence-corrected chi connectivity index (χ4v) is 4.86. The van der Waals surface area contributed by atoms with Crippen LogP contribution in [0.15, 0.2) is 51.7 Å². The number of nitrogens with one attached hydrogen (secondary N) is 2. The van der Waals surface area contributed by atoms with Gasteiger partial charge in [-0.25, -0.2) is 9.59 Å². The summed E-state index contributed by atoms with van der Waals surface area (Å²) >= 11 is 0. The molecular weight excluding hydrogens is 608 g/mol. The molecule has 15 heteroatoms. The molecule has 1 aromatic heterocycles. The fourth-order valence-electron chi connectivity index (χ4n) is 4.86. The van der Waals surface area contributed by atoms with E-state index in [1.54, 1.807) is 44.2 Å². The average molecular weight is 643 g/mol. The van der Waals surface area contributed by atoms with Gasteiger partial charge in [-0.05, 0) is 45.0 Å². The number of benzene rings is 2. The van der Waals surface area contributed by atoms with E-state index in [1.165, 1.54) is 26.2 Å². The van der Waals surface area contributed by atoms with E-state index in [0.29, 0.717) is 5.75 Å². The number of hydrogen-bond donors (Lipinski definition) is 5. The van der Waals surface area contributed by atoms with Gasteiger partial charge in [-0.3, -0.25) is 9.63 Å². The Morgan fingerprint density at radius 1 is 1.17 bits per heavy atom. The van der Waals surface area contributed by atoms with Gasteiger partial charge in [0, 0.05) is 12.7 Å². The Balaban J connectivity index is 1.57. The molecule has 15 nitrogen and oxygen atoms in total. The first-order valence-electron chi connectivity index (χ1n) is 13.9. The van der Waals surface area contributed by atoms with Gasteiger partial charge in [0.05, 0.1) is 17.6 Å². The number of hydroxylamine groups is 1. The van der Waals surface area contributed by atoms with Crippen LogP contribution in [0.5, 0.6) is 17.2 Å². The van der Waals surface area contributed by atoms with Gasteiger partial charge in [-0.1, -0.05) is 24.1 Å². The minimum absolute atomic E-state index is 0.0408. The molecule has 0 spiro atoms. The maximum atomic E-state index is 12.9. The minimum atomic E-state index is -1.58. The lowest BCUT2D eigenvalue weighted by Crippen LogP contribution is -2.65. The van der Waals surface area contributed by atoms with Crippen molar-refractivity contribution in [2.45, 2.75) is 57.1 Å². The van der Waals surface area contributed by atoms with Crippen molar-refractivity contribution in [3.63, 3.8) is 0 Å². The van der Waals surface area contributed by atoms with Gasteiger partial charge >= 0.3 is 11.7 Å². The van der Waals surface area contributed by atoms with E-state index in [4.69, 9.17) is 39.4 Å². The number of rotatable bonds is 11. The maximum Gasteiger partial charge on any atom is 0.431 e. The molecule has 0 aliphatic carbocycles. The Bertz CT molecular complexity index is 1650. The molecule has 246 valence electrons. The molecule has 4 rings (SSSR count). The second kappa shape index (κ2) is 14.5. The summed E-state index contributed by atoms with van der Waals surface area (Å²) in [6, 6.07) is 11.0. The molecular formula is C31H34N2O13. The van der Waals surface area contributed by atoms with Crippen LogP contribution in [-0.4, -0.2) is 84.0 Å². The van der Waals surface area contributed by atoms with Crippen molar-refractivity contribution >= 4 is 28.7 Å². The topological polar surface area (TPSA) is 204 Å². The summed E-state index contributed by atoms with van der Waals surface area (Å²) in [7, 11) is 1.35. The summed E-state index contributed by atoms with van der Waals surface area (Å²) in [5.41, 5.74) is -0.676. The third-order valence-corrected chi connectivity index (χ3v) is 7.05. The molecule has 3 aromatic rings. The van der Waals surface area contributed by atoms with Crippen molar-refractivity contribution in [3.8, 4) is 29.6 Å². The number of carbonyl (C=O) groups excluding carboxylic acids is 2. The van der Waals surface area contributed by atoms with Crippen LogP contribution in [0, 0.1) is 19.3 Å². The van der Waals surface area contributed by atoms with Gasteiger partial charge in [0.1, 0.15) is 29.8 Å². The zero-order valence-electron chi connectivity index (χ0n) is 25.3. The zero-order valence-corrected chi connectivity index (χ0v) is 25.3. The Labute approximate surface area is 262 Å². The van der Waals surface area contributed by atoms with Crippen molar-refractivity contribution < 1.29 is 57.8 Å². The lowest BCUT2D eigenvalue weighted by molar-refractivity contribution is -0.305. The number of fused-ring (bicyclic) bond motifs is 1. The molecule has 5 atom stereocenters. The molecule has 2 amide bonds. The van der Waals surface area contributed by atoms with E-state index in [2.05, 4.69) is 11.2 Å². The number of aryl methyl sites for hydroxylation is 1. The van der Waals surface area contributed by atoms with Crippen LogP contribution in [0.3, 0.4) is 0 Å². The number of aromatic hydroxyl groups is 1. The number of aliphatic hydroxyl groups excluding tert-OH is 2. The summed E-state index contributed by atoms with van der Waals surface area (Å²) in [6.45, 7) is 3.87. The Morgan fingerprint density at radius 3 is 2.54 bits per heavy atom. The van der Waals surface area contributed by atoms with Crippen molar-refractivity contribution in [3.05, 3.63) is 58.4 Å². The number of terminal acetylenes is 1. The minimum Gasteiger partial charge on any atom is -0.505 e. The molecule has 1 saturated heterocycles. The van der Waals surface area contributed by atoms with Gasteiger partial charge in [0.15, 0.2) is 29.7 Å². The van der Waals surface area contributed by atoms with Crippen molar-refractivity contribution in [1.29, 1.82) is 0 Å². The fraction of sp³-hybridized carbons (Fsp3) is 0.387. The smallest absolute Gasteiger partial charge is 0.431 e. The molecule has 2 aromatic carbocycles. The second-order valence-electron chi connectivity index (χ2n) is 10.6. The predicted octanol–water partition coefficient (Wildman–Crippen LogP) is 1.73. The quantitative estimate of drug-likeness (QED) is 0.0876. The normalized spacial score (nSPS) is 21.1. The first-order valence-corrected chi connectivity index (χ1v) is 13.9. The summed E-state index contributed by atoms with van der Waals surface area (Å²) < 4.78 is 33.7. The van der Waals surface area contributed by atoms with E-state index < -0.39 is 72.0 Å². The summed E-state index contributed by atoms with van der Waals surface area (Å²) in [6.07, 6.45) is -2.58. The third-order valence-electron chi connectivity index (χ3n) is 7.05. The number of anilines is 1. The SMILES string of the molecule is C#CCONC(=O)O[C@@H]1[C@@H](O)[C@H](Oc2ccc3c(O)c(NC(=O)C(CO)Oc4ccccc4)c(=O)oc3c2C)OC(C)(C)[C@@H]1OC. The highest BCUT2D eigenvalue weighted by Crippen LogP contribution is 2.38. The van der Waals surface area contributed by atoms with Gasteiger partial charge in [0.25, 0.3) is 5.91 Å². The zero-order chi connectivity index (χ0) is 33.6. The van der Waals surface area contributed by atoms with Crippen LogP contribution < -0.4 is 25.9 Å². The van der Waals surface area contributed by atoms with E-state index >= 15 is 0 Å². The second-order valence-corrected chi connectivity index (χ2v) is 10.6. The number of para-hydroxylation sites is 1. The number of carbonyl (C=O) groups is 2. The highest BCUT2D eigenvalue weighted by atomic mass is 16.7. The van der Waals surface area contributed by atoms with Crippen LogP contribution in [0.1, 0.15) is 19.4 Å². The number of aliphatic hydroxyl groups is 2. The van der Waals surface area contributed by atoms with Gasteiger partial charge in [-0.2, -0.15) is 5.48 Å². The molecule has 0 radical (unpaired) electrons. The molecule has 1 aliphatic heterocycles. The first kappa shape index (κ1) is 34.0. The highest BCUT2D eigenvalue weighted by molar-refractivity contribution is 5.99. The van der Waals surface area contributed by atoms with Crippen LogP contribution in [0.4, 0.5) is 10.5 Å². The summed E-state index contributed by atoms with van der Waals surface area (Å²) in [5.74, 6) is 1.05. The Morgan fingerprint density at radius 2 is 1.89 bits per heavy atom. The van der Waals surface area contributed by atoms with Crippen molar-refractivity contribution in [2.24, 2.45) is 0 Å². The first-order chi connectivity index (χ1) is 21.9. The van der Waals surface area contributed by atoms with E-state index in [-0.39, 0.29) is 28.9 Å². The average Bonchev–Trinajstić information content (AvgIpc) is 3.02. The van der Waals surface area contributed by atoms with Crippen molar-refractivity contribution in [2.75, 3.05) is 25.6 Å². The number of hydrogen-bond acceptors (Lipinski definition) is 13. The maximum absolute atomic E-state index is 12.9. The standard InChI is InChI=1S/C31H34N2O13/c1-6-14-41-33-30(39)45-25-23(36)29(46-31(3,4)26(25)40-5)43-19-13-12-18-22(35)21(28(38)44-24(18)16(19)2)32-27(37)20(15-34)42-17-10-8-7-9-11-17/h1,7-13,20,23,25-26,29,34-36H,14-15H2,2-5H3,(H,32,37)(H,33,39)/t20?,23-,25-,26-,29-/m1/s1. The molecule has 0 bridgehead atoms. The summed E-state index contributed by atoms with van der Waals surface area (Å²) in [5, 5.41) is 34.1. The predicted molar refractivity (Wildman–Crippen MR) is 160 cm³/mol. The molecule has 2 heterocycles. The van der Waals surface area contributed by atoms with Crippen LogP contribution >= 0.6 is 0 Å². The lowest BCUT2D eigenvalue weighted by Gasteiger charge is -2.47. The third kappa shape index (κ3) is 7.33. The van der Waals surface area contributed by atoms with E-state index in [9.17, 15) is 29.7 Å². The molecule has 1 fully saturated rings. The largest absolute Gasteiger partial charge is 0.505 e. The van der Waals surface area contributed by atoms with Gasteiger partial charge in [0.2, 0.25) is 6.29 Å². The van der Waals surface area contributed by atoms with E-state index in [0.717, 1.165) is 0 Å². The Kier molecular flexibility index (Phi) is 10.7. The van der Waals surface area contributed by atoms with Crippen molar-refractivity contribution in [1.82, 2.24) is 5.48 Å². The van der Waals surface area contributed by atoms with Crippen LogP contribution in [-0.2, 0) is 23.8 Å². The number of amides is 2. The Hall–Kier alpha value is -4.85. The monoisotopic (exact) mass is 642 g/mol. The summed E-state index contributed by atoms with van der Waals surface area (Å²) in [4.78, 5) is 42.8.